The molecule has 1 heterocycles. The molecule has 0 radical (unpaired) electrons. The van der Waals surface area contributed by atoms with Crippen LogP contribution in [0.25, 0.3) is 11.0 Å². The summed E-state index contributed by atoms with van der Waals surface area (Å²) < 4.78 is 5.45. The summed E-state index contributed by atoms with van der Waals surface area (Å²) in [7, 11) is 0. The van der Waals surface area contributed by atoms with Crippen molar-refractivity contribution in [3.05, 3.63) is 35.6 Å². The molecule has 0 saturated heterocycles. The molecule has 0 aliphatic rings. The lowest BCUT2D eigenvalue weighted by Gasteiger charge is -2.12. The Morgan fingerprint density at radius 1 is 1.35 bits per heavy atom. The number of hydrogen-bond donors (Lipinski definition) is 3. The van der Waals surface area contributed by atoms with E-state index in [-0.39, 0.29) is 18.8 Å². The van der Waals surface area contributed by atoms with Gasteiger partial charge in [0.25, 0.3) is 5.91 Å². The Balaban J connectivity index is 2.27. The highest BCUT2D eigenvalue weighted by atomic mass is 16.4. The maximum absolute atomic E-state index is 12.1. The third-order valence-corrected chi connectivity index (χ3v) is 3.07. The summed E-state index contributed by atoms with van der Waals surface area (Å²) in [5, 5.41) is 20.9. The number of carbonyl (C=O) groups is 2. The Morgan fingerprint density at radius 3 is 2.65 bits per heavy atom. The molecule has 3 N–H and O–H groups in total. The van der Waals surface area contributed by atoms with Crippen LogP contribution in [0.1, 0.15) is 22.5 Å². The highest BCUT2D eigenvalue weighted by Crippen LogP contribution is 2.24. The van der Waals surface area contributed by atoms with Crippen LogP contribution in [0.2, 0.25) is 0 Å². The maximum atomic E-state index is 12.1. The summed E-state index contributed by atoms with van der Waals surface area (Å²) in [6, 6.07) is 6.05. The van der Waals surface area contributed by atoms with Gasteiger partial charge in [-0.3, -0.25) is 4.79 Å². The van der Waals surface area contributed by atoms with Gasteiger partial charge in [0.2, 0.25) is 0 Å². The molecule has 106 valence electrons. The number of fused-ring (bicyclic) bond motifs is 1. The average molecular weight is 277 g/mol. The van der Waals surface area contributed by atoms with Crippen molar-refractivity contribution < 1.29 is 24.2 Å². The van der Waals surface area contributed by atoms with Crippen molar-refractivity contribution in [2.75, 3.05) is 6.61 Å². The van der Waals surface area contributed by atoms with E-state index in [1.165, 1.54) is 0 Å². The van der Waals surface area contributed by atoms with E-state index in [0.29, 0.717) is 11.1 Å². The maximum Gasteiger partial charge on any atom is 0.326 e. The van der Waals surface area contributed by atoms with Crippen molar-refractivity contribution in [2.24, 2.45) is 0 Å². The van der Waals surface area contributed by atoms with E-state index < -0.39 is 17.9 Å². The Labute approximate surface area is 115 Å². The SMILES string of the molecule is Cc1c(C(=O)N[C@@H](CCO)C(=O)O)oc2ccccc12. The minimum absolute atomic E-state index is 0.0552. The fraction of sp³-hybridized carbons (Fsp3) is 0.286. The molecule has 0 fully saturated rings. The van der Waals surface area contributed by atoms with Gasteiger partial charge in [-0.1, -0.05) is 18.2 Å². The Hall–Kier alpha value is -2.34. The van der Waals surface area contributed by atoms with E-state index >= 15 is 0 Å². The number of carbonyl (C=O) groups excluding carboxylic acids is 1. The zero-order chi connectivity index (χ0) is 14.7. The first-order chi connectivity index (χ1) is 9.54. The average Bonchev–Trinajstić information content (AvgIpc) is 2.76. The smallest absolute Gasteiger partial charge is 0.326 e. The monoisotopic (exact) mass is 277 g/mol. The van der Waals surface area contributed by atoms with E-state index in [1.807, 2.05) is 12.1 Å². The lowest BCUT2D eigenvalue weighted by Crippen LogP contribution is -2.41. The number of benzene rings is 1. The molecular weight excluding hydrogens is 262 g/mol. The van der Waals surface area contributed by atoms with Gasteiger partial charge < -0.3 is 19.9 Å². The van der Waals surface area contributed by atoms with Gasteiger partial charge in [-0.25, -0.2) is 4.79 Å². The van der Waals surface area contributed by atoms with E-state index in [9.17, 15) is 9.59 Å². The molecule has 0 aliphatic heterocycles. The molecule has 2 aromatic rings. The molecule has 1 aromatic carbocycles. The zero-order valence-electron chi connectivity index (χ0n) is 10.9. The number of amides is 1. The number of carboxylic acid groups (broad SMARTS) is 1. The molecule has 0 aliphatic carbocycles. The predicted molar refractivity (Wildman–Crippen MR) is 71.5 cm³/mol. The molecule has 0 bridgehead atoms. The normalized spacial score (nSPS) is 12.3. The topological polar surface area (TPSA) is 99.8 Å². The molecule has 0 spiro atoms. The van der Waals surface area contributed by atoms with Crippen LogP contribution >= 0.6 is 0 Å². The molecule has 6 nitrogen and oxygen atoms in total. The number of aliphatic carboxylic acids is 1. The highest BCUT2D eigenvalue weighted by molar-refractivity contribution is 6.00. The van der Waals surface area contributed by atoms with Crippen molar-refractivity contribution >= 4 is 22.8 Å². The Bertz CT molecular complexity index is 646. The number of nitrogens with one attached hydrogen (secondary N) is 1. The molecule has 0 saturated carbocycles. The van der Waals surface area contributed by atoms with Crippen LogP contribution in [-0.2, 0) is 4.79 Å². The van der Waals surface area contributed by atoms with Gasteiger partial charge in [-0.05, 0) is 13.0 Å². The Kier molecular flexibility index (Phi) is 4.05. The minimum atomic E-state index is -1.19. The van der Waals surface area contributed by atoms with Gasteiger partial charge in [0, 0.05) is 24.0 Å². The van der Waals surface area contributed by atoms with E-state index in [1.54, 1.807) is 19.1 Å². The van der Waals surface area contributed by atoms with Gasteiger partial charge in [0.15, 0.2) is 5.76 Å². The number of aliphatic hydroxyl groups is 1. The van der Waals surface area contributed by atoms with Gasteiger partial charge in [0.05, 0.1) is 0 Å². The molecule has 2 rings (SSSR count). The molecular formula is C14H15NO5. The van der Waals surface area contributed by atoms with Crippen LogP contribution in [-0.4, -0.2) is 34.7 Å². The first-order valence-electron chi connectivity index (χ1n) is 6.17. The van der Waals surface area contributed by atoms with Crippen LogP contribution in [0.3, 0.4) is 0 Å². The van der Waals surface area contributed by atoms with Crippen LogP contribution in [0.4, 0.5) is 0 Å². The van der Waals surface area contributed by atoms with Crippen molar-refractivity contribution in [1.82, 2.24) is 5.32 Å². The van der Waals surface area contributed by atoms with E-state index in [0.717, 1.165) is 5.39 Å². The second-order valence-electron chi connectivity index (χ2n) is 4.43. The lowest BCUT2D eigenvalue weighted by molar-refractivity contribution is -0.139. The van der Waals surface area contributed by atoms with Crippen molar-refractivity contribution in [1.29, 1.82) is 0 Å². The van der Waals surface area contributed by atoms with Crippen LogP contribution in [0, 0.1) is 6.92 Å². The van der Waals surface area contributed by atoms with Crippen molar-refractivity contribution in [3.63, 3.8) is 0 Å². The second-order valence-corrected chi connectivity index (χ2v) is 4.43. The fourth-order valence-electron chi connectivity index (χ4n) is 2.00. The molecule has 1 amide bonds. The molecule has 0 unspecified atom stereocenters. The van der Waals surface area contributed by atoms with Crippen molar-refractivity contribution in [2.45, 2.75) is 19.4 Å². The number of hydrogen-bond acceptors (Lipinski definition) is 4. The first-order valence-corrected chi connectivity index (χ1v) is 6.17. The number of carboxylic acids is 1. The Morgan fingerprint density at radius 2 is 2.05 bits per heavy atom. The van der Waals surface area contributed by atoms with Gasteiger partial charge in [-0.2, -0.15) is 0 Å². The summed E-state index contributed by atoms with van der Waals surface area (Å²) in [5.74, 6) is -1.70. The summed E-state index contributed by atoms with van der Waals surface area (Å²) in [4.78, 5) is 23.0. The van der Waals surface area contributed by atoms with Gasteiger partial charge >= 0.3 is 5.97 Å². The third kappa shape index (κ3) is 2.65. The van der Waals surface area contributed by atoms with Crippen LogP contribution in [0.5, 0.6) is 0 Å². The van der Waals surface area contributed by atoms with E-state index in [2.05, 4.69) is 5.32 Å². The number of para-hydroxylation sites is 1. The van der Waals surface area contributed by atoms with E-state index in [4.69, 9.17) is 14.6 Å². The minimum Gasteiger partial charge on any atom is -0.480 e. The fourth-order valence-corrected chi connectivity index (χ4v) is 2.00. The summed E-state index contributed by atoms with van der Waals surface area (Å²) in [6.07, 6.45) is -0.0552. The molecule has 1 aromatic heterocycles. The third-order valence-electron chi connectivity index (χ3n) is 3.07. The number of rotatable bonds is 5. The zero-order valence-corrected chi connectivity index (χ0v) is 10.9. The summed E-state index contributed by atoms with van der Waals surface area (Å²) >= 11 is 0. The predicted octanol–water partition coefficient (Wildman–Crippen LogP) is 1.31. The highest BCUT2D eigenvalue weighted by Gasteiger charge is 2.24. The lowest BCUT2D eigenvalue weighted by atomic mass is 10.1. The summed E-state index contributed by atoms with van der Waals surface area (Å²) in [6.45, 7) is 1.42. The van der Waals surface area contributed by atoms with Crippen LogP contribution in [0.15, 0.2) is 28.7 Å². The largest absolute Gasteiger partial charge is 0.480 e. The molecule has 20 heavy (non-hydrogen) atoms. The molecule has 1 atom stereocenters. The van der Waals surface area contributed by atoms with Crippen molar-refractivity contribution in [3.8, 4) is 0 Å². The first kappa shape index (κ1) is 14.1. The number of aliphatic hydroxyl groups excluding tert-OH is 1. The molecule has 6 heteroatoms. The number of furan rings is 1. The van der Waals surface area contributed by atoms with Crippen LogP contribution < -0.4 is 5.32 Å². The van der Waals surface area contributed by atoms with Gasteiger partial charge in [-0.15, -0.1) is 0 Å². The number of aryl methyl sites for hydroxylation is 1. The van der Waals surface area contributed by atoms with Gasteiger partial charge in [0.1, 0.15) is 11.6 Å². The second kappa shape index (κ2) is 5.75. The summed E-state index contributed by atoms with van der Waals surface area (Å²) in [5.41, 5.74) is 1.23. The standard InChI is InChI=1S/C14H15NO5/c1-8-9-4-2-3-5-11(9)20-12(8)13(17)15-10(6-7-16)14(18)19/h2-5,10,16H,6-7H2,1H3,(H,15,17)(H,18,19)/t10-/m0/s1. The quantitative estimate of drug-likeness (QED) is 0.765.